The maximum absolute atomic E-state index is 4.90. The molecule has 0 N–H and O–H groups in total. The van der Waals surface area contributed by atoms with Crippen molar-refractivity contribution in [2.45, 2.75) is 237 Å². The Morgan fingerprint density at radius 1 is 0.246 bits per heavy atom. The van der Waals surface area contributed by atoms with E-state index in [1.165, 1.54) is 55.9 Å². The van der Waals surface area contributed by atoms with Crippen molar-refractivity contribution < 1.29 is 0 Å². The molecule has 0 saturated carbocycles. The average Bonchev–Trinajstić information content (AvgIpc) is 3.60. The Labute approximate surface area is 406 Å². The Bertz CT molecular complexity index is 2050. The molecule has 65 heavy (non-hydrogen) atoms. The topological polar surface area (TPSA) is 6.48 Å². The first-order valence-electron chi connectivity index (χ1n) is 26.2. The van der Waals surface area contributed by atoms with Crippen LogP contribution in [-0.2, 0) is 0 Å². The summed E-state index contributed by atoms with van der Waals surface area (Å²) in [4.78, 5) is 0. The predicted molar refractivity (Wildman–Crippen MR) is 294 cm³/mol. The van der Waals surface area contributed by atoms with Crippen LogP contribution in [0.15, 0.2) is 60.9 Å². The number of rotatable bonds is 16. The molecule has 356 valence electrons. The summed E-state index contributed by atoms with van der Waals surface area (Å²) in [7, 11) is 0. The molecule has 4 aromatic carbocycles. The quantitative estimate of drug-likeness (QED) is 0.103. The molecule has 4 aromatic rings. The van der Waals surface area contributed by atoms with Gasteiger partial charge < -0.3 is 0 Å². The van der Waals surface area contributed by atoms with Crippen LogP contribution in [0.5, 0.6) is 0 Å². The van der Waals surface area contributed by atoms with Gasteiger partial charge in [0.15, 0.2) is 0 Å². The van der Waals surface area contributed by atoms with E-state index < -0.39 is 18.9 Å². The maximum atomic E-state index is 3.08. The van der Waals surface area contributed by atoms with Crippen molar-refractivity contribution in [3.63, 3.8) is 0 Å². The van der Waals surface area contributed by atoms with E-state index in [0.29, 0.717) is 71.0 Å². The van der Waals surface area contributed by atoms with Crippen molar-refractivity contribution in [2.24, 2.45) is 0 Å². The van der Waals surface area contributed by atoms with Crippen molar-refractivity contribution in [1.29, 1.82) is 0 Å². The first kappa shape index (κ1) is 53.0. The van der Waals surface area contributed by atoms with Crippen molar-refractivity contribution in [3.05, 3.63) is 128 Å². The number of hydrogen-bond acceptors (Lipinski definition) is 2. The van der Waals surface area contributed by atoms with Crippen LogP contribution in [0.3, 0.4) is 0 Å². The van der Waals surface area contributed by atoms with Crippen molar-refractivity contribution in [2.75, 3.05) is 6.24 Å². The molecule has 0 spiro atoms. The molecule has 0 fully saturated rings. The van der Waals surface area contributed by atoms with E-state index >= 15 is 0 Å². The molecule has 3 heteroatoms. The standard InChI is InChI=1S/C32H48N2.2C15H23.Sn/c1-19(2)25-15-27(21(5)6)31(28(16-25)22(7)8)33-13-14-34-32-29(23(9)10)17-26(20(3)4)18-30(32)24(11)12;2*1-10(2)13-7-14(11(3)4)9-15(8-13)12(5)6;/h13-24H,1-12H3;2*7-8,10-12H,1-6H3;/q-2;;;+2. The molecule has 0 aromatic heterocycles. The molecule has 2 nitrogen and oxygen atoms in total. The number of nitrogens with zero attached hydrogens (tertiary/aromatic N) is 2. The summed E-state index contributed by atoms with van der Waals surface area (Å²) in [6.07, 6.45) is 5.27. The molecule has 0 bridgehead atoms. The minimum absolute atomic E-state index is 0.328. The molecule has 0 atom stereocenters. The van der Waals surface area contributed by atoms with Gasteiger partial charge >= 0.3 is 409 Å². The third-order valence-electron chi connectivity index (χ3n) is 14.7. The van der Waals surface area contributed by atoms with Crippen LogP contribution in [0.2, 0.25) is 0 Å². The van der Waals surface area contributed by atoms with Gasteiger partial charge in [-0.05, 0) is 0 Å². The average molecular weight is 986 g/mol. The number of anilines is 2. The van der Waals surface area contributed by atoms with E-state index in [4.69, 9.17) is 0 Å². The van der Waals surface area contributed by atoms with E-state index in [2.05, 4.69) is 233 Å². The molecule has 1 heterocycles. The molecule has 0 amide bonds. The van der Waals surface area contributed by atoms with Crippen molar-refractivity contribution >= 4 is 37.5 Å². The Balaban J connectivity index is 2.35. The Kier molecular flexibility index (Phi) is 16.9. The summed E-state index contributed by atoms with van der Waals surface area (Å²) in [5, 5.41) is 0. The normalized spacial score (nSPS) is 14.6. The van der Waals surface area contributed by atoms with E-state index in [1.54, 1.807) is 29.4 Å². The summed E-state index contributed by atoms with van der Waals surface area (Å²) in [6.45, 7) is 58.7. The van der Waals surface area contributed by atoms with Gasteiger partial charge in [0.05, 0.1) is 0 Å². The van der Waals surface area contributed by atoms with Crippen LogP contribution in [0.4, 0.5) is 11.4 Å². The van der Waals surface area contributed by atoms with Crippen molar-refractivity contribution in [1.82, 2.24) is 0 Å². The summed E-state index contributed by atoms with van der Waals surface area (Å²) in [5.41, 5.74) is 21.0. The van der Waals surface area contributed by atoms with E-state index in [1.807, 2.05) is 0 Å². The van der Waals surface area contributed by atoms with E-state index in [9.17, 15) is 0 Å². The zero-order chi connectivity index (χ0) is 48.9. The van der Waals surface area contributed by atoms with Gasteiger partial charge in [-0.3, -0.25) is 0 Å². The zero-order valence-corrected chi connectivity index (χ0v) is 49.0. The second kappa shape index (κ2) is 20.7. The molecule has 0 unspecified atom stereocenters. The van der Waals surface area contributed by atoms with Crippen molar-refractivity contribution in [3.8, 4) is 0 Å². The molecular weight excluding hydrogens is 891 g/mol. The number of benzene rings is 4. The fourth-order valence-corrected chi connectivity index (χ4v) is 28.4. The van der Waals surface area contributed by atoms with Gasteiger partial charge in [-0.2, -0.15) is 0 Å². The summed E-state index contributed by atoms with van der Waals surface area (Å²) in [5.74, 6) is 4.39. The molecule has 1 aliphatic heterocycles. The summed E-state index contributed by atoms with van der Waals surface area (Å²) in [6, 6.07) is 21.2. The molecule has 5 rings (SSSR count). The third-order valence-corrected chi connectivity index (χ3v) is 28.1. The van der Waals surface area contributed by atoms with Gasteiger partial charge in [-0.15, -0.1) is 0 Å². The van der Waals surface area contributed by atoms with Crippen LogP contribution in [0.25, 0.3) is 0 Å². The van der Waals surface area contributed by atoms with Gasteiger partial charge in [0.2, 0.25) is 0 Å². The van der Waals surface area contributed by atoms with Crippen LogP contribution < -0.4 is 13.4 Å². The van der Waals surface area contributed by atoms with Crippen LogP contribution in [0, 0.1) is 0 Å². The summed E-state index contributed by atoms with van der Waals surface area (Å²) >= 11 is -4.90. The Morgan fingerprint density at radius 2 is 0.415 bits per heavy atom. The monoisotopic (exact) mass is 987 g/mol. The van der Waals surface area contributed by atoms with Gasteiger partial charge in [0.1, 0.15) is 0 Å². The van der Waals surface area contributed by atoms with Gasteiger partial charge in [0, 0.05) is 0 Å². The second-order valence-electron chi connectivity index (χ2n) is 23.8. The minimum atomic E-state index is -4.90. The predicted octanol–water partition coefficient (Wildman–Crippen LogP) is 18.2. The number of hydrogen-bond donors (Lipinski definition) is 0. The van der Waals surface area contributed by atoms with Gasteiger partial charge in [0.25, 0.3) is 0 Å². The fraction of sp³-hybridized carbons (Fsp3) is 0.581. The zero-order valence-electron chi connectivity index (χ0n) is 46.1. The summed E-state index contributed by atoms with van der Waals surface area (Å²) < 4.78 is 9.51. The molecule has 0 radical (unpaired) electrons. The van der Waals surface area contributed by atoms with Crippen LogP contribution in [-0.4, -0.2) is 18.9 Å². The molecule has 0 saturated heterocycles. The second-order valence-corrected chi connectivity index (χ2v) is 33.3. The van der Waals surface area contributed by atoms with Gasteiger partial charge in [-0.25, -0.2) is 0 Å². The van der Waals surface area contributed by atoms with Crippen LogP contribution >= 0.6 is 0 Å². The SMILES string of the molecule is CC(C)c1cc(C(C)C)c([N]2C=C[N](c3c(C(C)C)cc(C(C)C)cc3C(C)C)[Sn]2([c]2c(C(C)C)cc(C(C)C)cc2C(C)C)[c]2c(C(C)C)cc(C(C)C)cc2C(C)C)c(C(C)C)c1. The third kappa shape index (κ3) is 9.97. The first-order chi connectivity index (χ1) is 30.2. The van der Waals surface area contributed by atoms with Gasteiger partial charge in [-0.1, -0.05) is 0 Å². The molecular formula is C62H94N2Sn. The molecule has 0 aliphatic carbocycles. The fourth-order valence-electron chi connectivity index (χ4n) is 10.7. The van der Waals surface area contributed by atoms with E-state index in [0.717, 1.165) is 0 Å². The Hall–Kier alpha value is -2.98. The Morgan fingerprint density at radius 3 is 0.569 bits per heavy atom. The van der Waals surface area contributed by atoms with E-state index in [-0.39, 0.29) is 0 Å². The van der Waals surface area contributed by atoms with Crippen LogP contribution in [0.1, 0.15) is 304 Å². The molecule has 1 aliphatic rings. The first-order valence-corrected chi connectivity index (χ1v) is 31.6.